The van der Waals surface area contributed by atoms with E-state index >= 15 is 0 Å². The molecule has 1 heterocycles. The summed E-state index contributed by atoms with van der Waals surface area (Å²) in [6, 6.07) is 0. The summed E-state index contributed by atoms with van der Waals surface area (Å²) in [5.41, 5.74) is 0.933. The summed E-state index contributed by atoms with van der Waals surface area (Å²) in [4.78, 5) is 13.9. The number of rotatable bonds is 6. The minimum Gasteiger partial charge on any atom is -0.385 e. The number of allylic oxidation sites excluding steroid dienone is 2. The Kier molecular flexibility index (Phi) is 6.73. The van der Waals surface area contributed by atoms with Crippen molar-refractivity contribution < 1.29 is 9.53 Å². The molecule has 0 saturated carbocycles. The Morgan fingerprint density at radius 2 is 2.11 bits per heavy atom. The van der Waals surface area contributed by atoms with Gasteiger partial charge in [-0.3, -0.25) is 4.79 Å². The Balaban J connectivity index is 2.30. The number of carbonyl (C=O) groups excluding carboxylic acids is 1. The van der Waals surface area contributed by atoms with Crippen molar-refractivity contribution in [3.05, 3.63) is 24.3 Å². The zero-order valence-electron chi connectivity index (χ0n) is 11.7. The maximum atomic E-state index is 11.9. The second kappa shape index (κ2) is 8.09. The van der Waals surface area contributed by atoms with Crippen molar-refractivity contribution in [1.82, 2.24) is 4.90 Å². The number of carbonyl (C=O) groups is 1. The molecule has 1 saturated heterocycles. The quantitative estimate of drug-likeness (QED) is 0.413. The minimum absolute atomic E-state index is 0.128. The molecule has 1 amide bonds. The summed E-state index contributed by atoms with van der Waals surface area (Å²) in [5, 5.41) is 0. The molecule has 102 valence electrons. The molecule has 1 aliphatic rings. The largest absolute Gasteiger partial charge is 0.385 e. The standard InChI is InChI=1S/C15H25NO2/c1-4-13(2)12-15(17)16-9-7-14(8-10-16)6-5-11-18-3/h4,12,14H,1,5-11H2,2-3H3/b13-12+. The summed E-state index contributed by atoms with van der Waals surface area (Å²) >= 11 is 0. The summed E-state index contributed by atoms with van der Waals surface area (Å²) < 4.78 is 5.07. The van der Waals surface area contributed by atoms with Gasteiger partial charge in [0.1, 0.15) is 0 Å². The van der Waals surface area contributed by atoms with E-state index in [1.54, 1.807) is 19.3 Å². The molecule has 1 fully saturated rings. The Bertz CT molecular complexity index is 302. The number of likely N-dealkylation sites (tertiary alicyclic amines) is 1. The second-order valence-electron chi connectivity index (χ2n) is 5.00. The van der Waals surface area contributed by atoms with Crippen LogP contribution in [0.4, 0.5) is 0 Å². The van der Waals surface area contributed by atoms with E-state index < -0.39 is 0 Å². The van der Waals surface area contributed by atoms with Gasteiger partial charge in [0.15, 0.2) is 0 Å². The second-order valence-corrected chi connectivity index (χ2v) is 5.00. The summed E-state index contributed by atoms with van der Waals surface area (Å²) in [6.07, 6.45) is 7.99. The number of hydrogen-bond donors (Lipinski definition) is 0. The van der Waals surface area contributed by atoms with E-state index in [9.17, 15) is 4.79 Å². The maximum Gasteiger partial charge on any atom is 0.246 e. The van der Waals surface area contributed by atoms with Crippen molar-refractivity contribution in [1.29, 1.82) is 0 Å². The molecule has 0 aromatic heterocycles. The van der Waals surface area contributed by atoms with Crippen molar-refractivity contribution in [3.8, 4) is 0 Å². The van der Waals surface area contributed by atoms with E-state index in [1.807, 2.05) is 11.8 Å². The fraction of sp³-hybridized carbons (Fsp3) is 0.667. The van der Waals surface area contributed by atoms with Gasteiger partial charge in [-0.15, -0.1) is 0 Å². The van der Waals surface area contributed by atoms with Gasteiger partial charge in [0, 0.05) is 32.9 Å². The molecule has 0 N–H and O–H groups in total. The van der Waals surface area contributed by atoms with E-state index in [4.69, 9.17) is 4.74 Å². The van der Waals surface area contributed by atoms with Gasteiger partial charge >= 0.3 is 0 Å². The number of nitrogens with zero attached hydrogens (tertiary/aromatic N) is 1. The molecule has 3 nitrogen and oxygen atoms in total. The van der Waals surface area contributed by atoms with Crippen LogP contribution in [0, 0.1) is 5.92 Å². The lowest BCUT2D eigenvalue weighted by atomic mass is 9.92. The van der Waals surface area contributed by atoms with Gasteiger partial charge in [0.05, 0.1) is 0 Å². The lowest BCUT2D eigenvalue weighted by Gasteiger charge is -2.31. The van der Waals surface area contributed by atoms with Crippen LogP contribution in [0.1, 0.15) is 32.6 Å². The Morgan fingerprint density at radius 3 is 2.67 bits per heavy atom. The van der Waals surface area contributed by atoms with Crippen molar-refractivity contribution in [2.45, 2.75) is 32.6 Å². The van der Waals surface area contributed by atoms with E-state index in [2.05, 4.69) is 6.58 Å². The van der Waals surface area contributed by atoms with Crippen LogP contribution in [0.3, 0.4) is 0 Å². The normalized spacial score (nSPS) is 17.9. The van der Waals surface area contributed by atoms with Gasteiger partial charge in [-0.1, -0.05) is 12.7 Å². The monoisotopic (exact) mass is 251 g/mol. The number of amides is 1. The number of ether oxygens (including phenoxy) is 1. The average Bonchev–Trinajstić information content (AvgIpc) is 2.39. The van der Waals surface area contributed by atoms with Crippen LogP contribution in [0.2, 0.25) is 0 Å². The third-order valence-corrected chi connectivity index (χ3v) is 3.56. The van der Waals surface area contributed by atoms with Crippen molar-refractivity contribution in [2.75, 3.05) is 26.8 Å². The van der Waals surface area contributed by atoms with Crippen LogP contribution in [0.25, 0.3) is 0 Å². The number of hydrogen-bond acceptors (Lipinski definition) is 2. The molecule has 0 atom stereocenters. The summed E-state index contributed by atoms with van der Waals surface area (Å²) in [7, 11) is 1.75. The fourth-order valence-corrected chi connectivity index (χ4v) is 2.30. The Morgan fingerprint density at radius 1 is 1.44 bits per heavy atom. The maximum absolute atomic E-state index is 11.9. The van der Waals surface area contributed by atoms with Gasteiger partial charge < -0.3 is 9.64 Å². The molecular formula is C15H25NO2. The van der Waals surface area contributed by atoms with Crippen LogP contribution in [0.15, 0.2) is 24.3 Å². The van der Waals surface area contributed by atoms with Gasteiger partial charge in [-0.2, -0.15) is 0 Å². The van der Waals surface area contributed by atoms with Crippen LogP contribution in [-0.4, -0.2) is 37.6 Å². The molecule has 0 aromatic carbocycles. The first-order chi connectivity index (χ1) is 8.67. The fourth-order valence-electron chi connectivity index (χ4n) is 2.30. The molecular weight excluding hydrogens is 226 g/mol. The highest BCUT2D eigenvalue weighted by Gasteiger charge is 2.21. The van der Waals surface area contributed by atoms with Crippen molar-refractivity contribution in [2.24, 2.45) is 5.92 Å². The number of methoxy groups -OCH3 is 1. The molecule has 1 rings (SSSR count). The van der Waals surface area contributed by atoms with E-state index in [-0.39, 0.29) is 5.91 Å². The smallest absolute Gasteiger partial charge is 0.246 e. The molecule has 0 unspecified atom stereocenters. The first-order valence-electron chi connectivity index (χ1n) is 6.76. The van der Waals surface area contributed by atoms with Crippen LogP contribution >= 0.6 is 0 Å². The summed E-state index contributed by atoms with van der Waals surface area (Å²) in [6.45, 7) is 8.19. The molecule has 18 heavy (non-hydrogen) atoms. The zero-order valence-corrected chi connectivity index (χ0v) is 11.7. The van der Waals surface area contributed by atoms with Crippen LogP contribution < -0.4 is 0 Å². The SMILES string of the molecule is C=C/C(C)=C/C(=O)N1CCC(CCCOC)CC1. The molecule has 0 bridgehead atoms. The molecule has 0 radical (unpaired) electrons. The molecule has 0 aromatic rings. The van der Waals surface area contributed by atoms with Crippen molar-refractivity contribution in [3.63, 3.8) is 0 Å². The Hall–Kier alpha value is -1.09. The average molecular weight is 251 g/mol. The lowest BCUT2D eigenvalue weighted by molar-refractivity contribution is -0.127. The minimum atomic E-state index is 0.128. The van der Waals surface area contributed by atoms with Gasteiger partial charge in [0.2, 0.25) is 5.91 Å². The third kappa shape index (κ3) is 5.05. The molecule has 3 heteroatoms. The first-order valence-corrected chi connectivity index (χ1v) is 6.76. The van der Waals surface area contributed by atoms with Gasteiger partial charge in [-0.25, -0.2) is 0 Å². The van der Waals surface area contributed by atoms with E-state index in [0.29, 0.717) is 0 Å². The predicted octanol–water partition coefficient (Wildman–Crippen LogP) is 2.78. The topological polar surface area (TPSA) is 29.5 Å². The van der Waals surface area contributed by atoms with Crippen molar-refractivity contribution >= 4 is 5.91 Å². The highest BCUT2D eigenvalue weighted by Crippen LogP contribution is 2.22. The number of piperidine rings is 1. The van der Waals surface area contributed by atoms with Gasteiger partial charge in [-0.05, 0) is 44.1 Å². The van der Waals surface area contributed by atoms with E-state index in [1.165, 1.54) is 6.42 Å². The molecule has 1 aliphatic heterocycles. The third-order valence-electron chi connectivity index (χ3n) is 3.56. The highest BCUT2D eigenvalue weighted by molar-refractivity contribution is 5.88. The van der Waals surface area contributed by atoms with E-state index in [0.717, 1.165) is 50.4 Å². The predicted molar refractivity (Wildman–Crippen MR) is 74.4 cm³/mol. The van der Waals surface area contributed by atoms with Crippen LogP contribution in [0.5, 0.6) is 0 Å². The molecule has 0 spiro atoms. The lowest BCUT2D eigenvalue weighted by Crippen LogP contribution is -2.37. The highest BCUT2D eigenvalue weighted by atomic mass is 16.5. The van der Waals surface area contributed by atoms with Gasteiger partial charge in [0.25, 0.3) is 0 Å². The first kappa shape index (κ1) is 15.0. The Labute approximate surface area is 110 Å². The summed E-state index contributed by atoms with van der Waals surface area (Å²) in [5.74, 6) is 0.886. The van der Waals surface area contributed by atoms with Crippen LogP contribution in [-0.2, 0) is 9.53 Å². The molecule has 0 aliphatic carbocycles. The zero-order chi connectivity index (χ0) is 13.4.